The lowest BCUT2D eigenvalue weighted by atomic mass is 9.83. The summed E-state index contributed by atoms with van der Waals surface area (Å²) >= 11 is 2.94. The smallest absolute Gasteiger partial charge is 0.255 e. The first-order valence-electron chi connectivity index (χ1n) is 15.6. The molecule has 0 bridgehead atoms. The minimum Gasteiger partial charge on any atom is -0.322 e. The molecule has 0 spiro atoms. The predicted octanol–water partition coefficient (Wildman–Crippen LogP) is 9.77. The minimum absolute atomic E-state index is 0.193. The Bertz CT molecular complexity index is 2120. The number of carbonyl (C=O) groups excluding carboxylic acids is 2. The van der Waals surface area contributed by atoms with Crippen LogP contribution in [-0.2, 0) is 17.6 Å². The Morgan fingerprint density at radius 2 is 1.55 bits per heavy atom. The maximum Gasteiger partial charge on any atom is 0.255 e. The summed E-state index contributed by atoms with van der Waals surface area (Å²) < 4.78 is 0. The maximum absolute atomic E-state index is 14.0. The van der Waals surface area contributed by atoms with Gasteiger partial charge in [-0.25, -0.2) is 0 Å². The molecule has 1 aliphatic carbocycles. The number of hydrogen-bond acceptors (Lipinski definition) is 5. The molecule has 2 unspecified atom stereocenters. The maximum atomic E-state index is 14.0. The number of amides is 2. The highest BCUT2D eigenvalue weighted by atomic mass is 32.2. The van der Waals surface area contributed by atoms with Gasteiger partial charge in [0, 0.05) is 21.0 Å². The van der Waals surface area contributed by atoms with E-state index in [1.165, 1.54) is 33.5 Å². The van der Waals surface area contributed by atoms with E-state index in [1.807, 2.05) is 103 Å². The molecule has 5 nitrogen and oxygen atoms in total. The van der Waals surface area contributed by atoms with Crippen LogP contribution < -0.4 is 10.6 Å². The third-order valence-electron chi connectivity index (χ3n) is 8.58. The van der Waals surface area contributed by atoms with E-state index in [2.05, 4.69) is 41.0 Å². The third-order valence-corrected chi connectivity index (χ3v) is 11.0. The quantitative estimate of drug-likeness (QED) is 0.161. The van der Waals surface area contributed by atoms with Crippen LogP contribution in [0.3, 0.4) is 0 Å². The van der Waals surface area contributed by atoms with E-state index in [9.17, 15) is 14.9 Å². The standard InChI is InChI=1S/C40H31N3O2S2/c41-25-35-34-21-20-30(26-10-3-1-4-11-26)23-36(34)47-40(35)43-39(45)37(28-13-5-2-6-14-28)46-33-17-9-16-32(24-33)42-38(44)31-19-18-27-12-7-8-15-29(27)22-31/h1-19,22,24,30,37H,20-21,23H2,(H,42,44)(H,43,45). The minimum atomic E-state index is -0.578. The van der Waals surface area contributed by atoms with Crippen LogP contribution in [0.2, 0.25) is 0 Å². The summed E-state index contributed by atoms with van der Waals surface area (Å²) in [5.74, 6) is 0.0102. The van der Waals surface area contributed by atoms with Crippen molar-refractivity contribution in [3.8, 4) is 6.07 Å². The average Bonchev–Trinajstić information content (AvgIpc) is 3.47. The van der Waals surface area contributed by atoms with Gasteiger partial charge in [-0.1, -0.05) is 97.1 Å². The van der Waals surface area contributed by atoms with Crippen LogP contribution in [0.1, 0.15) is 55.1 Å². The van der Waals surface area contributed by atoms with E-state index >= 15 is 0 Å². The summed E-state index contributed by atoms with van der Waals surface area (Å²) in [7, 11) is 0. The van der Waals surface area contributed by atoms with Gasteiger partial charge in [-0.3, -0.25) is 9.59 Å². The topological polar surface area (TPSA) is 82.0 Å². The number of thioether (sulfide) groups is 1. The molecule has 47 heavy (non-hydrogen) atoms. The second-order valence-electron chi connectivity index (χ2n) is 11.6. The molecule has 2 atom stereocenters. The van der Waals surface area contributed by atoms with E-state index in [4.69, 9.17) is 0 Å². The summed E-state index contributed by atoms with van der Waals surface area (Å²) in [6.07, 6.45) is 2.66. The molecule has 1 heterocycles. The summed E-state index contributed by atoms with van der Waals surface area (Å²) in [6.45, 7) is 0. The molecule has 2 N–H and O–H groups in total. The van der Waals surface area contributed by atoms with Crippen LogP contribution in [0.25, 0.3) is 10.8 Å². The molecule has 5 aromatic carbocycles. The van der Waals surface area contributed by atoms with Gasteiger partial charge < -0.3 is 10.6 Å². The summed E-state index contributed by atoms with van der Waals surface area (Å²) in [6, 6.07) is 43.7. The van der Waals surface area contributed by atoms with Gasteiger partial charge >= 0.3 is 0 Å². The highest BCUT2D eigenvalue weighted by molar-refractivity contribution is 8.00. The zero-order valence-corrected chi connectivity index (χ0v) is 27.1. The van der Waals surface area contributed by atoms with E-state index in [-0.39, 0.29) is 11.8 Å². The Hall–Kier alpha value is -5.16. The number of nitrogens with one attached hydrogen (secondary N) is 2. The van der Waals surface area contributed by atoms with Crippen molar-refractivity contribution in [1.29, 1.82) is 5.26 Å². The lowest BCUT2D eigenvalue weighted by molar-refractivity contribution is -0.115. The average molecular weight is 650 g/mol. The van der Waals surface area contributed by atoms with Crippen molar-refractivity contribution >= 4 is 56.4 Å². The number of nitrogens with zero attached hydrogens (tertiary/aromatic N) is 1. The van der Waals surface area contributed by atoms with E-state index < -0.39 is 5.25 Å². The lowest BCUT2D eigenvalue weighted by Gasteiger charge is -2.22. The molecule has 1 aromatic heterocycles. The van der Waals surface area contributed by atoms with Crippen molar-refractivity contribution in [3.63, 3.8) is 0 Å². The zero-order valence-electron chi connectivity index (χ0n) is 25.5. The van der Waals surface area contributed by atoms with Crippen LogP contribution >= 0.6 is 23.1 Å². The summed E-state index contributed by atoms with van der Waals surface area (Å²) in [5, 5.41) is 18.4. The van der Waals surface area contributed by atoms with Crippen molar-refractivity contribution in [2.75, 3.05) is 10.6 Å². The van der Waals surface area contributed by atoms with Crippen LogP contribution in [0.5, 0.6) is 0 Å². The number of benzene rings is 5. The highest BCUT2D eigenvalue weighted by Crippen LogP contribution is 2.43. The molecule has 0 aliphatic heterocycles. The van der Waals surface area contributed by atoms with E-state index in [0.717, 1.165) is 46.1 Å². The van der Waals surface area contributed by atoms with Crippen molar-refractivity contribution < 1.29 is 9.59 Å². The Labute approximate surface area is 282 Å². The molecular weight excluding hydrogens is 619 g/mol. The summed E-state index contributed by atoms with van der Waals surface area (Å²) in [4.78, 5) is 29.2. The van der Waals surface area contributed by atoms with Gasteiger partial charge in [0.15, 0.2) is 0 Å². The second-order valence-corrected chi connectivity index (χ2v) is 13.9. The Balaban J connectivity index is 1.11. The van der Waals surface area contributed by atoms with Gasteiger partial charge in [-0.15, -0.1) is 23.1 Å². The molecule has 6 aromatic rings. The van der Waals surface area contributed by atoms with Crippen molar-refractivity contribution in [1.82, 2.24) is 0 Å². The van der Waals surface area contributed by atoms with Gasteiger partial charge in [-0.05, 0) is 83.0 Å². The van der Waals surface area contributed by atoms with Gasteiger partial charge in [0.25, 0.3) is 5.91 Å². The number of rotatable bonds is 8. The molecule has 7 heteroatoms. The number of nitriles is 1. The zero-order chi connectivity index (χ0) is 32.2. The number of thiophene rings is 1. The van der Waals surface area contributed by atoms with Gasteiger partial charge in [0.2, 0.25) is 5.91 Å². The molecular formula is C40H31N3O2S2. The first kappa shape index (κ1) is 30.5. The van der Waals surface area contributed by atoms with E-state index in [1.54, 1.807) is 0 Å². The number of hydrogen-bond donors (Lipinski definition) is 2. The van der Waals surface area contributed by atoms with Crippen LogP contribution in [0.15, 0.2) is 132 Å². The first-order valence-corrected chi connectivity index (χ1v) is 17.3. The Kier molecular flexibility index (Phi) is 8.87. The molecule has 2 amide bonds. The molecule has 7 rings (SSSR count). The van der Waals surface area contributed by atoms with Gasteiger partial charge in [0.05, 0.1) is 5.56 Å². The summed E-state index contributed by atoms with van der Waals surface area (Å²) in [5.41, 5.74) is 5.03. The third kappa shape index (κ3) is 6.71. The van der Waals surface area contributed by atoms with E-state index in [0.29, 0.717) is 27.7 Å². The van der Waals surface area contributed by atoms with Crippen LogP contribution in [0.4, 0.5) is 10.7 Å². The predicted molar refractivity (Wildman–Crippen MR) is 192 cm³/mol. The molecule has 0 radical (unpaired) electrons. The fourth-order valence-corrected chi connectivity index (χ4v) is 8.56. The lowest BCUT2D eigenvalue weighted by Crippen LogP contribution is -2.19. The Morgan fingerprint density at radius 1 is 0.809 bits per heavy atom. The fraction of sp³-hybridized carbons (Fsp3) is 0.125. The molecule has 230 valence electrons. The number of fused-ring (bicyclic) bond motifs is 2. The number of anilines is 2. The van der Waals surface area contributed by atoms with Gasteiger partial charge in [0.1, 0.15) is 16.3 Å². The normalized spacial score (nSPS) is 14.5. The number of carbonyl (C=O) groups is 2. The fourth-order valence-electron chi connectivity index (χ4n) is 6.20. The monoisotopic (exact) mass is 649 g/mol. The van der Waals surface area contributed by atoms with Crippen LogP contribution in [0, 0.1) is 11.3 Å². The Morgan fingerprint density at radius 3 is 2.34 bits per heavy atom. The van der Waals surface area contributed by atoms with Crippen molar-refractivity contribution in [2.24, 2.45) is 0 Å². The van der Waals surface area contributed by atoms with Crippen molar-refractivity contribution in [3.05, 3.63) is 160 Å². The molecule has 0 fully saturated rings. The highest BCUT2D eigenvalue weighted by Gasteiger charge is 2.29. The van der Waals surface area contributed by atoms with Gasteiger partial charge in [-0.2, -0.15) is 5.26 Å². The molecule has 0 saturated heterocycles. The first-order chi connectivity index (χ1) is 23.1. The van der Waals surface area contributed by atoms with Crippen molar-refractivity contribution in [2.45, 2.75) is 35.3 Å². The molecule has 0 saturated carbocycles. The van der Waals surface area contributed by atoms with Crippen LogP contribution in [-0.4, -0.2) is 11.8 Å². The second kappa shape index (κ2) is 13.7. The largest absolute Gasteiger partial charge is 0.322 e. The molecule has 1 aliphatic rings. The SMILES string of the molecule is N#Cc1c(NC(=O)C(Sc2cccc(NC(=O)c3ccc4ccccc4c3)c2)c2ccccc2)sc2c1CCC(c1ccccc1)C2.